The smallest absolute Gasteiger partial charge is 0.301 e. The highest BCUT2D eigenvalue weighted by Gasteiger charge is 2.30. The van der Waals surface area contributed by atoms with Crippen molar-refractivity contribution in [2.75, 3.05) is 38.5 Å². The van der Waals surface area contributed by atoms with Gasteiger partial charge in [0.1, 0.15) is 5.82 Å². The number of ether oxygens (including phenoxy) is 1. The molecule has 0 atom stereocenters. The standard InChI is InChI=1S/C21H34FN3O3S/c1-4-14-24(2)15-5-6-16-28-21-12-10-20(11-13-21)25(3)29(26,27)23-19-9-7-8-18(22)17-19/h4,7-9,17,20-21,23H,1,5-6,10-16H2,2-3H3/t20-,21-. The zero-order valence-electron chi connectivity index (χ0n) is 17.5. The quantitative estimate of drug-likeness (QED) is 0.409. The third-order valence-electron chi connectivity index (χ3n) is 5.34. The van der Waals surface area contributed by atoms with Crippen LogP contribution >= 0.6 is 0 Å². The minimum absolute atomic E-state index is 0.0755. The van der Waals surface area contributed by atoms with Crippen LogP contribution in [0.25, 0.3) is 0 Å². The molecule has 1 fully saturated rings. The van der Waals surface area contributed by atoms with Gasteiger partial charge in [-0.2, -0.15) is 12.7 Å². The predicted molar refractivity (Wildman–Crippen MR) is 116 cm³/mol. The van der Waals surface area contributed by atoms with E-state index in [0.29, 0.717) is 0 Å². The van der Waals surface area contributed by atoms with Gasteiger partial charge in [-0.3, -0.25) is 4.72 Å². The lowest BCUT2D eigenvalue weighted by molar-refractivity contribution is 0.0153. The third-order valence-corrected chi connectivity index (χ3v) is 6.89. The van der Waals surface area contributed by atoms with Crippen molar-refractivity contribution < 1.29 is 17.5 Å². The summed E-state index contributed by atoms with van der Waals surface area (Å²) in [5, 5.41) is 0. The minimum Gasteiger partial charge on any atom is -0.378 e. The molecule has 1 saturated carbocycles. The number of unbranched alkanes of at least 4 members (excludes halogenated alkanes) is 1. The normalized spacial score (nSPS) is 20.2. The molecule has 0 unspecified atom stereocenters. The van der Waals surface area contributed by atoms with E-state index < -0.39 is 16.0 Å². The summed E-state index contributed by atoms with van der Waals surface area (Å²) in [5.41, 5.74) is 0.229. The lowest BCUT2D eigenvalue weighted by atomic mass is 9.93. The maximum Gasteiger partial charge on any atom is 0.301 e. The van der Waals surface area contributed by atoms with Gasteiger partial charge in [-0.25, -0.2) is 4.39 Å². The number of anilines is 1. The van der Waals surface area contributed by atoms with Crippen LogP contribution in [-0.2, 0) is 14.9 Å². The first-order chi connectivity index (χ1) is 13.8. The SMILES string of the molecule is C=CCN(C)CCCCO[C@H]1CC[C@H](N(C)S(=O)(=O)Nc2cccc(F)c2)CC1. The molecule has 0 spiro atoms. The van der Waals surface area contributed by atoms with Crippen LogP contribution in [0.4, 0.5) is 10.1 Å². The summed E-state index contributed by atoms with van der Waals surface area (Å²) in [7, 11) is -0.0628. The molecule has 0 radical (unpaired) electrons. The van der Waals surface area contributed by atoms with Gasteiger partial charge < -0.3 is 9.64 Å². The first-order valence-corrected chi connectivity index (χ1v) is 11.7. The van der Waals surface area contributed by atoms with Crippen LogP contribution in [0.1, 0.15) is 38.5 Å². The Kier molecular flexibility index (Phi) is 9.55. The largest absolute Gasteiger partial charge is 0.378 e. The van der Waals surface area contributed by atoms with Gasteiger partial charge in [-0.15, -0.1) is 6.58 Å². The molecule has 29 heavy (non-hydrogen) atoms. The van der Waals surface area contributed by atoms with Crippen molar-refractivity contribution in [2.24, 2.45) is 0 Å². The summed E-state index contributed by atoms with van der Waals surface area (Å²) in [5.74, 6) is -0.474. The second-order valence-electron chi connectivity index (χ2n) is 7.69. The molecule has 8 heteroatoms. The number of likely N-dealkylation sites (N-methyl/N-ethyl adjacent to an activating group) is 1. The topological polar surface area (TPSA) is 61.9 Å². The van der Waals surface area contributed by atoms with Gasteiger partial charge in [-0.05, 0) is 70.3 Å². The zero-order chi connectivity index (χ0) is 21.3. The van der Waals surface area contributed by atoms with Gasteiger partial charge in [-0.1, -0.05) is 12.1 Å². The highest BCUT2D eigenvalue weighted by atomic mass is 32.2. The molecule has 1 aliphatic rings. The van der Waals surface area contributed by atoms with E-state index in [4.69, 9.17) is 4.74 Å². The summed E-state index contributed by atoms with van der Waals surface area (Å²) in [6.07, 6.45) is 7.42. The van der Waals surface area contributed by atoms with Gasteiger partial charge in [0.2, 0.25) is 0 Å². The van der Waals surface area contributed by atoms with Crippen LogP contribution in [0, 0.1) is 5.82 Å². The second-order valence-corrected chi connectivity index (χ2v) is 9.42. The molecule has 6 nitrogen and oxygen atoms in total. The van der Waals surface area contributed by atoms with Crippen molar-refractivity contribution in [1.82, 2.24) is 9.21 Å². The molecule has 1 aliphatic carbocycles. The molecule has 0 amide bonds. The summed E-state index contributed by atoms with van der Waals surface area (Å²) in [4.78, 5) is 2.23. The van der Waals surface area contributed by atoms with Gasteiger partial charge in [0.05, 0.1) is 11.8 Å². The van der Waals surface area contributed by atoms with Gasteiger partial charge in [0.15, 0.2) is 0 Å². The zero-order valence-corrected chi connectivity index (χ0v) is 18.3. The molecule has 0 saturated heterocycles. The Morgan fingerprint density at radius 1 is 1.24 bits per heavy atom. The van der Waals surface area contributed by atoms with E-state index in [0.717, 1.165) is 58.2 Å². The van der Waals surface area contributed by atoms with Crippen LogP contribution in [0.5, 0.6) is 0 Å². The fraction of sp³-hybridized carbons (Fsp3) is 0.619. The molecule has 1 N–H and O–H groups in total. The van der Waals surface area contributed by atoms with Gasteiger partial charge in [0.25, 0.3) is 0 Å². The lowest BCUT2D eigenvalue weighted by Crippen LogP contribution is -2.43. The number of nitrogens with zero attached hydrogens (tertiary/aromatic N) is 2. The van der Waals surface area contributed by atoms with Crippen molar-refractivity contribution in [3.63, 3.8) is 0 Å². The summed E-state index contributed by atoms with van der Waals surface area (Å²) < 4.78 is 48.3. The molecular formula is C21H34FN3O3S. The lowest BCUT2D eigenvalue weighted by Gasteiger charge is -2.34. The summed E-state index contributed by atoms with van der Waals surface area (Å²) >= 11 is 0. The van der Waals surface area contributed by atoms with Crippen LogP contribution in [0.2, 0.25) is 0 Å². The Hall–Kier alpha value is -1.48. The number of benzene rings is 1. The highest BCUT2D eigenvalue weighted by molar-refractivity contribution is 7.90. The number of halogens is 1. The fourth-order valence-electron chi connectivity index (χ4n) is 3.59. The number of nitrogens with one attached hydrogen (secondary N) is 1. The average Bonchev–Trinajstić information content (AvgIpc) is 2.67. The van der Waals surface area contributed by atoms with Gasteiger partial charge in [0, 0.05) is 26.2 Å². The third kappa shape index (κ3) is 8.04. The van der Waals surface area contributed by atoms with Crippen LogP contribution in [0.15, 0.2) is 36.9 Å². The molecule has 0 heterocycles. The van der Waals surface area contributed by atoms with E-state index >= 15 is 0 Å². The maximum absolute atomic E-state index is 13.3. The molecular weight excluding hydrogens is 393 g/mol. The number of hydrogen-bond donors (Lipinski definition) is 1. The molecule has 0 bridgehead atoms. The van der Waals surface area contributed by atoms with Crippen molar-refractivity contribution in [3.8, 4) is 0 Å². The Bertz CT molecular complexity index is 736. The highest BCUT2D eigenvalue weighted by Crippen LogP contribution is 2.26. The van der Waals surface area contributed by atoms with Crippen molar-refractivity contribution in [3.05, 3.63) is 42.7 Å². The first kappa shape index (κ1) is 23.8. The Labute approximate surface area is 174 Å². The molecule has 2 rings (SSSR count). The number of rotatable bonds is 12. The van der Waals surface area contributed by atoms with E-state index in [1.807, 2.05) is 6.08 Å². The fourth-order valence-corrected chi connectivity index (χ4v) is 4.76. The molecule has 0 aliphatic heterocycles. The van der Waals surface area contributed by atoms with Crippen molar-refractivity contribution in [2.45, 2.75) is 50.7 Å². The van der Waals surface area contributed by atoms with E-state index in [-0.39, 0.29) is 17.8 Å². The van der Waals surface area contributed by atoms with Crippen LogP contribution in [0.3, 0.4) is 0 Å². The Balaban J connectivity index is 1.70. The van der Waals surface area contributed by atoms with Crippen molar-refractivity contribution in [1.29, 1.82) is 0 Å². The van der Waals surface area contributed by atoms with E-state index in [2.05, 4.69) is 23.2 Å². The van der Waals surface area contributed by atoms with E-state index in [1.165, 1.54) is 28.6 Å². The minimum atomic E-state index is -3.72. The Morgan fingerprint density at radius 2 is 1.97 bits per heavy atom. The predicted octanol–water partition coefficient (Wildman–Crippen LogP) is 3.64. The second kappa shape index (κ2) is 11.6. The molecule has 1 aromatic carbocycles. The number of hydrogen-bond acceptors (Lipinski definition) is 4. The average molecular weight is 428 g/mol. The summed E-state index contributed by atoms with van der Waals surface area (Å²) in [6.45, 7) is 6.41. The van der Waals surface area contributed by atoms with Crippen LogP contribution in [-0.4, -0.2) is 63.6 Å². The molecule has 1 aromatic rings. The van der Waals surface area contributed by atoms with E-state index in [9.17, 15) is 12.8 Å². The maximum atomic E-state index is 13.3. The summed E-state index contributed by atoms with van der Waals surface area (Å²) in [6, 6.07) is 5.39. The van der Waals surface area contributed by atoms with Gasteiger partial charge >= 0.3 is 10.2 Å². The monoisotopic (exact) mass is 427 g/mol. The molecule has 0 aromatic heterocycles. The molecule has 164 valence electrons. The van der Waals surface area contributed by atoms with Crippen molar-refractivity contribution >= 4 is 15.9 Å². The van der Waals surface area contributed by atoms with Crippen LogP contribution < -0.4 is 4.72 Å². The van der Waals surface area contributed by atoms with E-state index in [1.54, 1.807) is 7.05 Å². The first-order valence-electron chi connectivity index (χ1n) is 10.2. The Morgan fingerprint density at radius 3 is 2.62 bits per heavy atom.